The van der Waals surface area contributed by atoms with E-state index in [2.05, 4.69) is 0 Å². The summed E-state index contributed by atoms with van der Waals surface area (Å²) in [5.74, 6) is -2.01. The molecule has 0 fully saturated rings. The summed E-state index contributed by atoms with van der Waals surface area (Å²) in [4.78, 5) is 32.7. The normalized spacial score (nSPS) is 9.71. The molecule has 0 aliphatic carbocycles. The molecule has 0 aliphatic rings. The van der Waals surface area contributed by atoms with Gasteiger partial charge in [0.15, 0.2) is 5.82 Å². The van der Waals surface area contributed by atoms with Crippen molar-refractivity contribution >= 4 is 17.5 Å². The number of pyridine rings is 1. The molecule has 1 heterocycles. The highest BCUT2D eigenvalue weighted by Crippen LogP contribution is 2.16. The van der Waals surface area contributed by atoms with E-state index >= 15 is 0 Å². The van der Waals surface area contributed by atoms with Crippen molar-refractivity contribution in [2.45, 2.75) is 0 Å². The van der Waals surface area contributed by atoms with Gasteiger partial charge in [-0.15, -0.1) is 0 Å². The molecule has 0 aromatic carbocycles. The molecule has 1 rings (SSSR count). The van der Waals surface area contributed by atoms with Crippen molar-refractivity contribution in [1.82, 2.24) is 4.98 Å². The van der Waals surface area contributed by atoms with Crippen LogP contribution in [0.1, 0.15) is 10.4 Å². The van der Waals surface area contributed by atoms with E-state index in [1.54, 1.807) is 0 Å². The number of nitro groups is 1. The minimum absolute atomic E-state index is 0.468. The van der Waals surface area contributed by atoms with Gasteiger partial charge in [0.05, 0.1) is 4.92 Å². The van der Waals surface area contributed by atoms with Gasteiger partial charge in [-0.05, 0) is 0 Å². The summed E-state index contributed by atoms with van der Waals surface area (Å²) in [7, 11) is 0. The number of hydrogen-bond acceptors (Lipinski definition) is 5. The minimum Gasteiger partial charge on any atom is -0.477 e. The van der Waals surface area contributed by atoms with Gasteiger partial charge in [-0.1, -0.05) is 0 Å². The SMILES string of the molecule is Nc1[nH]c(=O)c(C(=O)O)cc1[N+](=O)[O-]. The standard InChI is InChI=1S/C6H5N3O5/c7-4-3(9(13)14)1-2(6(11)12)5(10)8-4/h1H,(H,11,12)(H3,7,8,10). The first-order chi connectivity index (χ1) is 6.43. The minimum atomic E-state index is -1.55. The molecule has 1 aromatic heterocycles. The number of H-pyrrole nitrogens is 1. The summed E-state index contributed by atoms with van der Waals surface area (Å²) in [5, 5.41) is 18.8. The van der Waals surface area contributed by atoms with E-state index in [1.165, 1.54) is 0 Å². The van der Waals surface area contributed by atoms with Crippen LogP contribution >= 0.6 is 0 Å². The number of aromatic amines is 1. The molecule has 74 valence electrons. The van der Waals surface area contributed by atoms with E-state index in [9.17, 15) is 19.7 Å². The number of aromatic carboxylic acids is 1. The number of carboxylic acid groups (broad SMARTS) is 1. The number of aromatic nitrogens is 1. The van der Waals surface area contributed by atoms with Gasteiger partial charge in [0.2, 0.25) is 0 Å². The molecule has 0 unspecified atom stereocenters. The van der Waals surface area contributed by atoms with E-state index in [0.29, 0.717) is 6.07 Å². The third-order valence-corrected chi connectivity index (χ3v) is 1.48. The van der Waals surface area contributed by atoms with Gasteiger partial charge >= 0.3 is 11.7 Å². The first-order valence-electron chi connectivity index (χ1n) is 3.34. The molecule has 4 N–H and O–H groups in total. The molecule has 8 heteroatoms. The third-order valence-electron chi connectivity index (χ3n) is 1.48. The van der Waals surface area contributed by atoms with Gasteiger partial charge in [0.25, 0.3) is 5.56 Å². The van der Waals surface area contributed by atoms with Crippen LogP contribution in [0.3, 0.4) is 0 Å². The van der Waals surface area contributed by atoms with Gasteiger partial charge in [-0.25, -0.2) is 4.79 Å². The topological polar surface area (TPSA) is 139 Å². The summed E-state index contributed by atoms with van der Waals surface area (Å²) in [5.41, 5.74) is 2.78. The first kappa shape index (κ1) is 9.71. The van der Waals surface area contributed by atoms with E-state index in [0.717, 1.165) is 0 Å². The van der Waals surface area contributed by atoms with E-state index in [1.807, 2.05) is 4.98 Å². The van der Waals surface area contributed by atoms with Crippen molar-refractivity contribution in [1.29, 1.82) is 0 Å². The zero-order valence-electron chi connectivity index (χ0n) is 6.68. The highest BCUT2D eigenvalue weighted by atomic mass is 16.6. The average Bonchev–Trinajstić information content (AvgIpc) is 2.02. The molecular formula is C6H5N3O5. The number of carbonyl (C=O) groups is 1. The van der Waals surface area contributed by atoms with Gasteiger partial charge < -0.3 is 15.8 Å². The van der Waals surface area contributed by atoms with Crippen LogP contribution in [-0.2, 0) is 0 Å². The van der Waals surface area contributed by atoms with Crippen molar-refractivity contribution < 1.29 is 14.8 Å². The van der Waals surface area contributed by atoms with Crippen LogP contribution < -0.4 is 11.3 Å². The summed E-state index contributed by atoms with van der Waals surface area (Å²) >= 11 is 0. The van der Waals surface area contributed by atoms with Crippen molar-refractivity contribution in [2.75, 3.05) is 5.73 Å². The van der Waals surface area contributed by atoms with Crippen molar-refractivity contribution in [2.24, 2.45) is 0 Å². The van der Waals surface area contributed by atoms with Crippen LogP contribution in [0.15, 0.2) is 10.9 Å². The van der Waals surface area contributed by atoms with Crippen LogP contribution in [0, 0.1) is 10.1 Å². The maximum atomic E-state index is 10.9. The molecule has 0 saturated heterocycles. The van der Waals surface area contributed by atoms with Gasteiger partial charge in [0, 0.05) is 6.07 Å². The zero-order chi connectivity index (χ0) is 10.9. The Hall–Kier alpha value is -2.38. The fourth-order valence-corrected chi connectivity index (χ4v) is 0.844. The van der Waals surface area contributed by atoms with Gasteiger partial charge in [-0.2, -0.15) is 0 Å². The van der Waals surface area contributed by atoms with Crippen LogP contribution in [0.4, 0.5) is 11.5 Å². The summed E-state index contributed by atoms with van der Waals surface area (Å²) in [6, 6.07) is 0.622. The largest absolute Gasteiger partial charge is 0.477 e. The fraction of sp³-hybridized carbons (Fsp3) is 0. The number of rotatable bonds is 2. The van der Waals surface area contributed by atoms with Crippen molar-refractivity contribution in [3.63, 3.8) is 0 Å². The molecule has 0 aliphatic heterocycles. The fourth-order valence-electron chi connectivity index (χ4n) is 0.844. The number of carboxylic acids is 1. The van der Waals surface area contributed by atoms with Gasteiger partial charge in [-0.3, -0.25) is 14.9 Å². The number of nitrogens with two attached hydrogens (primary N) is 1. The zero-order valence-corrected chi connectivity index (χ0v) is 6.68. The van der Waals surface area contributed by atoms with Crippen LogP contribution in [0.2, 0.25) is 0 Å². The van der Waals surface area contributed by atoms with E-state index in [4.69, 9.17) is 10.8 Å². The number of nitrogen functional groups attached to an aromatic ring is 1. The average molecular weight is 199 g/mol. The Labute approximate surface area is 76.1 Å². The summed E-state index contributed by atoms with van der Waals surface area (Å²) < 4.78 is 0. The second kappa shape index (κ2) is 3.17. The van der Waals surface area contributed by atoms with Gasteiger partial charge in [0.1, 0.15) is 5.56 Å². The molecule has 0 atom stereocenters. The summed E-state index contributed by atoms with van der Waals surface area (Å²) in [6.45, 7) is 0. The molecule has 0 spiro atoms. The number of nitrogens with one attached hydrogen (secondary N) is 1. The maximum Gasteiger partial charge on any atom is 0.341 e. The number of anilines is 1. The Kier molecular flexibility index (Phi) is 2.19. The number of hydrogen-bond donors (Lipinski definition) is 3. The Bertz CT molecular complexity index is 463. The lowest BCUT2D eigenvalue weighted by molar-refractivity contribution is -0.384. The second-order valence-electron chi connectivity index (χ2n) is 2.37. The predicted molar refractivity (Wildman–Crippen MR) is 45.1 cm³/mol. The molecule has 0 saturated carbocycles. The monoisotopic (exact) mass is 199 g/mol. The lowest BCUT2D eigenvalue weighted by Crippen LogP contribution is -2.19. The molecule has 0 radical (unpaired) electrons. The quantitative estimate of drug-likeness (QED) is 0.435. The maximum absolute atomic E-state index is 10.9. The molecule has 1 aromatic rings. The summed E-state index contributed by atoms with van der Waals surface area (Å²) in [6.07, 6.45) is 0. The second-order valence-corrected chi connectivity index (χ2v) is 2.37. The lowest BCUT2D eigenvalue weighted by atomic mass is 10.2. The van der Waals surface area contributed by atoms with E-state index < -0.39 is 33.5 Å². The Balaban J connectivity index is 3.50. The molecule has 14 heavy (non-hydrogen) atoms. The van der Waals surface area contributed by atoms with Crippen molar-refractivity contribution in [3.8, 4) is 0 Å². The predicted octanol–water partition coefficient (Wildman–Crippen LogP) is -0.436. The Morgan fingerprint density at radius 1 is 1.64 bits per heavy atom. The Morgan fingerprint density at radius 3 is 2.64 bits per heavy atom. The first-order valence-corrected chi connectivity index (χ1v) is 3.34. The van der Waals surface area contributed by atoms with Crippen LogP contribution in [0.5, 0.6) is 0 Å². The molecular weight excluding hydrogens is 194 g/mol. The molecule has 0 bridgehead atoms. The highest BCUT2D eigenvalue weighted by molar-refractivity contribution is 5.88. The number of nitrogens with zero attached hydrogens (tertiary/aromatic N) is 1. The van der Waals surface area contributed by atoms with Crippen molar-refractivity contribution in [3.05, 3.63) is 32.1 Å². The van der Waals surface area contributed by atoms with E-state index in [-0.39, 0.29) is 0 Å². The highest BCUT2D eigenvalue weighted by Gasteiger charge is 2.18. The van der Waals surface area contributed by atoms with Crippen LogP contribution in [0.25, 0.3) is 0 Å². The molecule has 8 nitrogen and oxygen atoms in total. The molecule has 0 amide bonds. The third kappa shape index (κ3) is 1.53. The lowest BCUT2D eigenvalue weighted by Gasteiger charge is -1.97. The van der Waals surface area contributed by atoms with Crippen LogP contribution in [-0.4, -0.2) is 21.0 Å². The smallest absolute Gasteiger partial charge is 0.341 e. The Morgan fingerprint density at radius 2 is 2.21 bits per heavy atom.